The van der Waals surface area contributed by atoms with E-state index < -0.39 is 30.6 Å². The van der Waals surface area contributed by atoms with Gasteiger partial charge in [0, 0.05) is 24.7 Å². The van der Waals surface area contributed by atoms with Crippen LogP contribution in [0.15, 0.2) is 23.8 Å². The van der Waals surface area contributed by atoms with Gasteiger partial charge in [-0.3, -0.25) is 4.79 Å². The van der Waals surface area contributed by atoms with Crippen molar-refractivity contribution in [3.8, 4) is 0 Å². The Hall–Kier alpha value is -1.35. The van der Waals surface area contributed by atoms with Gasteiger partial charge in [-0.25, -0.2) is 4.79 Å². The highest BCUT2D eigenvalue weighted by Crippen LogP contribution is 2.40. The second kappa shape index (κ2) is 9.64. The first-order chi connectivity index (χ1) is 13.8. The van der Waals surface area contributed by atoms with E-state index in [0.717, 1.165) is 36.6 Å². The number of allylic oxidation sites excluding steroid dienone is 3. The topological polar surface area (TPSA) is 96.3 Å². The first-order valence-electron chi connectivity index (χ1n) is 10.3. The molecule has 1 amide bonds. The molecule has 0 aromatic rings. The summed E-state index contributed by atoms with van der Waals surface area (Å²) in [6.45, 7) is 3.58. The maximum Gasteiger partial charge on any atom is 0.330 e. The number of thioether (sulfide) groups is 1. The molecule has 5 atom stereocenters. The van der Waals surface area contributed by atoms with Crippen LogP contribution in [0.4, 0.5) is 4.79 Å². The van der Waals surface area contributed by atoms with E-state index in [-0.39, 0.29) is 17.8 Å². The van der Waals surface area contributed by atoms with Crippen LogP contribution in [0.5, 0.6) is 0 Å². The van der Waals surface area contributed by atoms with Gasteiger partial charge in [0.1, 0.15) is 12.8 Å². The van der Waals surface area contributed by atoms with Crippen LogP contribution < -0.4 is 0 Å². The average molecular weight is 426 g/mol. The van der Waals surface area contributed by atoms with Gasteiger partial charge in [-0.05, 0) is 38.5 Å². The Bertz CT molecular complexity index is 680. The monoisotopic (exact) mass is 425 g/mol. The third kappa shape index (κ3) is 5.63. The summed E-state index contributed by atoms with van der Waals surface area (Å²) in [6.07, 6.45) is 8.89. The summed E-state index contributed by atoms with van der Waals surface area (Å²) in [5, 5.41) is 20.7. The van der Waals surface area contributed by atoms with Crippen molar-refractivity contribution in [1.82, 2.24) is 4.90 Å². The van der Waals surface area contributed by atoms with Crippen LogP contribution in [-0.4, -0.2) is 62.8 Å². The van der Waals surface area contributed by atoms with Crippen LogP contribution >= 0.6 is 11.8 Å². The molecule has 29 heavy (non-hydrogen) atoms. The van der Waals surface area contributed by atoms with Crippen molar-refractivity contribution < 1.29 is 29.3 Å². The van der Waals surface area contributed by atoms with Gasteiger partial charge in [-0.1, -0.05) is 36.4 Å². The number of nitrogens with zero attached hydrogens (tertiary/aromatic N) is 1. The highest BCUT2D eigenvalue weighted by molar-refractivity contribution is 8.13. The number of esters is 1. The summed E-state index contributed by atoms with van der Waals surface area (Å²) in [4.78, 5) is 25.6. The van der Waals surface area contributed by atoms with Crippen molar-refractivity contribution in [3.63, 3.8) is 0 Å². The van der Waals surface area contributed by atoms with Crippen LogP contribution in [0.25, 0.3) is 0 Å². The molecule has 0 radical (unpaired) electrons. The Kier molecular flexibility index (Phi) is 7.42. The molecule has 2 N–H and O–H groups in total. The SMILES string of the molecule is C/C1=C/C(=O)O[C@@H]2C[C@@H](CC[C@H](C)/C=C\CC1)O[C@@](O)([C@@H]1CSC(=O)N1CO)C2. The minimum Gasteiger partial charge on any atom is -0.459 e. The molecule has 0 spiro atoms. The predicted molar refractivity (Wildman–Crippen MR) is 110 cm³/mol. The Balaban J connectivity index is 1.83. The number of carbonyl (C=O) groups is 2. The van der Waals surface area contributed by atoms with Crippen LogP contribution in [-0.2, 0) is 14.3 Å². The van der Waals surface area contributed by atoms with E-state index in [1.807, 2.05) is 6.92 Å². The third-order valence-electron chi connectivity index (χ3n) is 5.83. The first-order valence-corrected chi connectivity index (χ1v) is 11.3. The summed E-state index contributed by atoms with van der Waals surface area (Å²) in [5.41, 5.74) is 0.951. The van der Waals surface area contributed by atoms with Gasteiger partial charge in [0.15, 0.2) is 5.79 Å². The molecule has 3 rings (SSSR count). The van der Waals surface area contributed by atoms with E-state index in [1.54, 1.807) is 0 Å². The highest BCUT2D eigenvalue weighted by Gasteiger charge is 2.52. The van der Waals surface area contributed by atoms with E-state index in [2.05, 4.69) is 19.1 Å². The molecule has 162 valence electrons. The van der Waals surface area contributed by atoms with Crippen LogP contribution in [0.2, 0.25) is 0 Å². The lowest BCUT2D eigenvalue weighted by Crippen LogP contribution is -2.59. The minimum absolute atomic E-state index is 0.0760. The minimum atomic E-state index is -1.66. The standard InChI is InChI=1S/C21H31NO6S/c1-14-5-3-4-6-15(2)9-19(24)27-17-10-16(8-7-14)28-21(26,11-17)18-12-29-20(25)22(18)13-23/h3,5,9,14,16-18,23,26H,4,6-8,10-13H2,1-2H3/b5-3-,15-9-/t14-,16-,17-,18+,21-/m1/s1. The number of aliphatic hydroxyl groups is 2. The smallest absolute Gasteiger partial charge is 0.330 e. The second-order valence-corrected chi connectivity index (χ2v) is 9.27. The number of carbonyl (C=O) groups excluding carboxylic acids is 2. The Morgan fingerprint density at radius 2 is 2.10 bits per heavy atom. The van der Waals surface area contributed by atoms with E-state index in [0.29, 0.717) is 24.5 Å². The molecular weight excluding hydrogens is 394 g/mol. The van der Waals surface area contributed by atoms with E-state index >= 15 is 0 Å². The van der Waals surface area contributed by atoms with Crippen molar-refractivity contribution in [3.05, 3.63) is 23.8 Å². The maximum atomic E-state index is 12.4. The lowest BCUT2D eigenvalue weighted by Gasteiger charge is -2.45. The molecule has 2 bridgehead atoms. The predicted octanol–water partition coefficient (Wildman–Crippen LogP) is 2.97. The van der Waals surface area contributed by atoms with Gasteiger partial charge in [0.2, 0.25) is 0 Å². The number of amides is 1. The number of hydrogen-bond donors (Lipinski definition) is 2. The maximum absolute atomic E-state index is 12.4. The van der Waals surface area contributed by atoms with Crippen LogP contribution in [0.3, 0.4) is 0 Å². The van der Waals surface area contributed by atoms with Gasteiger partial charge in [0.25, 0.3) is 5.24 Å². The molecule has 3 aliphatic rings. The summed E-state index contributed by atoms with van der Waals surface area (Å²) >= 11 is 1.05. The first kappa shape index (κ1) is 22.3. The van der Waals surface area contributed by atoms with Crippen molar-refractivity contribution in [1.29, 1.82) is 0 Å². The molecule has 0 unspecified atom stereocenters. The molecule has 0 aliphatic carbocycles. The quantitative estimate of drug-likeness (QED) is 0.519. The van der Waals surface area contributed by atoms with Crippen molar-refractivity contribution in [2.75, 3.05) is 12.5 Å². The molecule has 7 nitrogen and oxygen atoms in total. The lowest BCUT2D eigenvalue weighted by atomic mass is 9.90. The Morgan fingerprint density at radius 1 is 1.31 bits per heavy atom. The van der Waals surface area contributed by atoms with Crippen molar-refractivity contribution in [2.24, 2.45) is 5.92 Å². The number of fused-ring (bicyclic) bond motifs is 2. The zero-order chi connectivity index (χ0) is 21.0. The zero-order valence-electron chi connectivity index (χ0n) is 17.1. The number of aliphatic hydroxyl groups excluding tert-OH is 1. The van der Waals surface area contributed by atoms with Crippen LogP contribution in [0.1, 0.15) is 52.4 Å². The summed E-state index contributed by atoms with van der Waals surface area (Å²) in [5.74, 6) is -1.38. The summed E-state index contributed by atoms with van der Waals surface area (Å²) < 4.78 is 11.7. The molecule has 3 heterocycles. The molecule has 2 fully saturated rings. The fraction of sp³-hybridized carbons (Fsp3) is 0.714. The fourth-order valence-electron chi connectivity index (χ4n) is 4.21. The summed E-state index contributed by atoms with van der Waals surface area (Å²) in [7, 11) is 0. The lowest BCUT2D eigenvalue weighted by molar-refractivity contribution is -0.295. The van der Waals surface area contributed by atoms with Crippen LogP contribution in [0, 0.1) is 5.92 Å². The highest BCUT2D eigenvalue weighted by atomic mass is 32.2. The second-order valence-electron chi connectivity index (χ2n) is 8.30. The normalized spacial score (nSPS) is 40.0. The molecule has 3 aliphatic heterocycles. The fourth-order valence-corrected chi connectivity index (χ4v) is 5.30. The molecule has 8 heteroatoms. The molecule has 0 aromatic heterocycles. The molecule has 0 aromatic carbocycles. The molecule has 0 saturated carbocycles. The Morgan fingerprint density at radius 3 is 2.86 bits per heavy atom. The number of ether oxygens (including phenoxy) is 2. The summed E-state index contributed by atoms with van der Waals surface area (Å²) in [6, 6.07) is -0.678. The molecule has 2 saturated heterocycles. The average Bonchev–Trinajstić information content (AvgIpc) is 3.04. The Labute approximate surface area is 176 Å². The van der Waals surface area contributed by atoms with Crippen molar-refractivity contribution >= 4 is 23.0 Å². The van der Waals surface area contributed by atoms with Crippen molar-refractivity contribution in [2.45, 2.75) is 76.4 Å². The van der Waals surface area contributed by atoms with E-state index in [1.165, 1.54) is 11.0 Å². The molecular formula is C21H31NO6S. The van der Waals surface area contributed by atoms with Gasteiger partial charge in [0.05, 0.1) is 12.1 Å². The van der Waals surface area contributed by atoms with Gasteiger partial charge < -0.3 is 24.6 Å². The van der Waals surface area contributed by atoms with Gasteiger partial charge in [-0.2, -0.15) is 0 Å². The third-order valence-corrected chi connectivity index (χ3v) is 6.79. The number of hydrogen-bond acceptors (Lipinski definition) is 7. The van der Waals surface area contributed by atoms with E-state index in [4.69, 9.17) is 9.47 Å². The van der Waals surface area contributed by atoms with E-state index in [9.17, 15) is 19.8 Å². The largest absolute Gasteiger partial charge is 0.459 e. The number of rotatable bonds is 2. The van der Waals surface area contributed by atoms with Gasteiger partial charge in [-0.15, -0.1) is 0 Å². The zero-order valence-corrected chi connectivity index (χ0v) is 17.9. The van der Waals surface area contributed by atoms with Gasteiger partial charge >= 0.3 is 5.97 Å².